The van der Waals surface area contributed by atoms with Gasteiger partial charge in [0.15, 0.2) is 5.78 Å². The summed E-state index contributed by atoms with van der Waals surface area (Å²) in [6.45, 7) is 5.65. The normalized spacial score (nSPS) is 16.1. The van der Waals surface area contributed by atoms with Gasteiger partial charge in [-0.25, -0.2) is 4.79 Å². The van der Waals surface area contributed by atoms with Crippen molar-refractivity contribution in [3.05, 3.63) is 41.5 Å². The van der Waals surface area contributed by atoms with E-state index in [2.05, 4.69) is 4.90 Å². The molecule has 1 heterocycles. The van der Waals surface area contributed by atoms with Crippen molar-refractivity contribution in [1.29, 1.82) is 0 Å². The summed E-state index contributed by atoms with van der Waals surface area (Å²) in [4.78, 5) is 26.7. The summed E-state index contributed by atoms with van der Waals surface area (Å²) in [7, 11) is 0. The molecular formula is C18H23NO4. The van der Waals surface area contributed by atoms with Gasteiger partial charge in [-0.3, -0.25) is 9.69 Å². The second-order valence-electron chi connectivity index (χ2n) is 5.32. The van der Waals surface area contributed by atoms with Crippen LogP contribution in [0.2, 0.25) is 0 Å². The molecule has 0 spiro atoms. The number of ketones is 1. The van der Waals surface area contributed by atoms with Gasteiger partial charge in [-0.1, -0.05) is 30.3 Å². The molecular weight excluding hydrogens is 294 g/mol. The van der Waals surface area contributed by atoms with Crippen molar-refractivity contribution in [3.8, 4) is 0 Å². The summed E-state index contributed by atoms with van der Waals surface area (Å²) in [6, 6.07) is 9.34. The number of rotatable bonds is 7. The van der Waals surface area contributed by atoms with Crippen molar-refractivity contribution in [2.45, 2.75) is 13.3 Å². The van der Waals surface area contributed by atoms with Gasteiger partial charge in [0.25, 0.3) is 0 Å². The average Bonchev–Trinajstić information content (AvgIpc) is 2.59. The first kappa shape index (κ1) is 17.4. The van der Waals surface area contributed by atoms with E-state index in [4.69, 9.17) is 9.47 Å². The van der Waals surface area contributed by atoms with Gasteiger partial charge >= 0.3 is 5.97 Å². The standard InChI is InChI=1S/C18H23NO4/c1-2-23-18(21)16(14-15-6-4-3-5-7-15)17(20)8-9-19-10-12-22-13-11-19/h3-7,14H,2,8-13H2,1H3/b16-14-. The topological polar surface area (TPSA) is 55.8 Å². The Bertz CT molecular complexity index is 547. The Morgan fingerprint density at radius 1 is 1.22 bits per heavy atom. The minimum Gasteiger partial charge on any atom is -0.462 e. The third-order valence-electron chi connectivity index (χ3n) is 3.67. The van der Waals surface area contributed by atoms with E-state index in [0.29, 0.717) is 26.2 Å². The molecule has 1 saturated heterocycles. The van der Waals surface area contributed by atoms with Crippen LogP contribution in [-0.2, 0) is 19.1 Å². The third-order valence-corrected chi connectivity index (χ3v) is 3.67. The number of Topliss-reactive ketones (excluding diaryl/α,β-unsaturated/α-hetero) is 1. The van der Waals surface area contributed by atoms with Crippen LogP contribution in [0.15, 0.2) is 35.9 Å². The second-order valence-corrected chi connectivity index (χ2v) is 5.32. The highest BCUT2D eigenvalue weighted by atomic mass is 16.5. The monoisotopic (exact) mass is 317 g/mol. The average molecular weight is 317 g/mol. The lowest BCUT2D eigenvalue weighted by Crippen LogP contribution is -2.37. The molecule has 1 aromatic rings. The van der Waals surface area contributed by atoms with Gasteiger partial charge in [0.2, 0.25) is 0 Å². The van der Waals surface area contributed by atoms with E-state index in [-0.39, 0.29) is 18.0 Å². The van der Waals surface area contributed by atoms with E-state index in [1.807, 2.05) is 30.3 Å². The Kier molecular flexibility index (Phi) is 6.97. The summed E-state index contributed by atoms with van der Waals surface area (Å²) in [5.41, 5.74) is 0.932. The highest BCUT2D eigenvalue weighted by molar-refractivity contribution is 6.20. The molecule has 1 aliphatic heterocycles. The lowest BCUT2D eigenvalue weighted by molar-refractivity contribution is -0.139. The zero-order chi connectivity index (χ0) is 16.5. The molecule has 2 rings (SSSR count). The van der Waals surface area contributed by atoms with Crippen LogP contribution in [0.3, 0.4) is 0 Å². The lowest BCUT2D eigenvalue weighted by atomic mass is 10.0. The molecule has 23 heavy (non-hydrogen) atoms. The number of hydrogen-bond acceptors (Lipinski definition) is 5. The number of esters is 1. The number of nitrogens with zero attached hydrogens (tertiary/aromatic N) is 1. The van der Waals surface area contributed by atoms with E-state index in [9.17, 15) is 9.59 Å². The van der Waals surface area contributed by atoms with Crippen molar-refractivity contribution >= 4 is 17.8 Å². The maximum atomic E-state index is 12.5. The fraction of sp³-hybridized carbons (Fsp3) is 0.444. The zero-order valence-corrected chi connectivity index (χ0v) is 13.5. The fourth-order valence-corrected chi connectivity index (χ4v) is 2.40. The maximum absolute atomic E-state index is 12.5. The zero-order valence-electron chi connectivity index (χ0n) is 13.5. The molecule has 5 nitrogen and oxygen atoms in total. The number of benzene rings is 1. The van der Waals surface area contributed by atoms with Crippen molar-refractivity contribution in [2.24, 2.45) is 0 Å². The van der Waals surface area contributed by atoms with Crippen LogP contribution in [0, 0.1) is 0 Å². The second kappa shape index (κ2) is 9.22. The molecule has 1 aliphatic rings. The first-order chi connectivity index (χ1) is 11.2. The highest BCUT2D eigenvalue weighted by Crippen LogP contribution is 2.12. The van der Waals surface area contributed by atoms with E-state index < -0.39 is 5.97 Å². The largest absolute Gasteiger partial charge is 0.462 e. The molecule has 0 bridgehead atoms. The Hall–Kier alpha value is -1.98. The molecule has 0 N–H and O–H groups in total. The smallest absolute Gasteiger partial charge is 0.341 e. The number of hydrogen-bond donors (Lipinski definition) is 0. The Balaban J connectivity index is 2.04. The fourth-order valence-electron chi connectivity index (χ4n) is 2.40. The van der Waals surface area contributed by atoms with Crippen LogP contribution in [-0.4, -0.2) is 56.1 Å². The van der Waals surface area contributed by atoms with E-state index >= 15 is 0 Å². The van der Waals surface area contributed by atoms with Gasteiger partial charge in [-0.05, 0) is 18.6 Å². The summed E-state index contributed by atoms with van der Waals surface area (Å²) in [5.74, 6) is -0.734. The van der Waals surface area contributed by atoms with Crippen molar-refractivity contribution in [1.82, 2.24) is 4.90 Å². The van der Waals surface area contributed by atoms with Crippen molar-refractivity contribution in [3.63, 3.8) is 0 Å². The van der Waals surface area contributed by atoms with Crippen molar-refractivity contribution in [2.75, 3.05) is 39.5 Å². The summed E-state index contributed by atoms with van der Waals surface area (Å²) in [6.07, 6.45) is 1.91. The Morgan fingerprint density at radius 2 is 1.91 bits per heavy atom. The lowest BCUT2D eigenvalue weighted by Gasteiger charge is -2.26. The number of morpholine rings is 1. The van der Waals surface area contributed by atoms with Crippen LogP contribution >= 0.6 is 0 Å². The summed E-state index contributed by atoms with van der Waals surface area (Å²) in [5, 5.41) is 0. The molecule has 0 aliphatic carbocycles. The molecule has 0 atom stereocenters. The van der Waals surface area contributed by atoms with Gasteiger partial charge in [0.1, 0.15) is 5.57 Å². The minimum atomic E-state index is -0.552. The van der Waals surface area contributed by atoms with Crippen LogP contribution in [0.4, 0.5) is 0 Å². The number of ether oxygens (including phenoxy) is 2. The van der Waals surface area contributed by atoms with Crippen LogP contribution in [0.25, 0.3) is 6.08 Å². The molecule has 0 unspecified atom stereocenters. The van der Waals surface area contributed by atoms with Gasteiger partial charge in [-0.2, -0.15) is 0 Å². The van der Waals surface area contributed by atoms with Crippen LogP contribution in [0.5, 0.6) is 0 Å². The molecule has 0 radical (unpaired) electrons. The predicted octanol–water partition coefficient (Wildman–Crippen LogP) is 1.92. The first-order valence-electron chi connectivity index (χ1n) is 7.98. The SMILES string of the molecule is CCOC(=O)/C(=C\c1ccccc1)C(=O)CCN1CCOCC1. The van der Waals surface area contributed by atoms with Crippen LogP contribution < -0.4 is 0 Å². The van der Waals surface area contributed by atoms with Crippen LogP contribution in [0.1, 0.15) is 18.9 Å². The van der Waals surface area contributed by atoms with E-state index in [1.54, 1.807) is 13.0 Å². The highest BCUT2D eigenvalue weighted by Gasteiger charge is 2.21. The van der Waals surface area contributed by atoms with Gasteiger partial charge in [-0.15, -0.1) is 0 Å². The first-order valence-corrected chi connectivity index (χ1v) is 7.98. The Morgan fingerprint density at radius 3 is 2.57 bits per heavy atom. The van der Waals surface area contributed by atoms with Gasteiger partial charge in [0.05, 0.1) is 19.8 Å². The van der Waals surface area contributed by atoms with E-state index in [0.717, 1.165) is 18.7 Å². The maximum Gasteiger partial charge on any atom is 0.341 e. The quantitative estimate of drug-likeness (QED) is 0.333. The Labute approximate surface area is 136 Å². The number of carbonyl (C=O) groups is 2. The van der Waals surface area contributed by atoms with E-state index in [1.165, 1.54) is 0 Å². The predicted molar refractivity (Wildman–Crippen MR) is 87.9 cm³/mol. The summed E-state index contributed by atoms with van der Waals surface area (Å²) >= 11 is 0. The molecule has 1 aromatic carbocycles. The molecule has 1 fully saturated rings. The minimum absolute atomic E-state index is 0.117. The van der Waals surface area contributed by atoms with Gasteiger partial charge < -0.3 is 9.47 Å². The summed E-state index contributed by atoms with van der Waals surface area (Å²) < 4.78 is 10.3. The molecule has 0 saturated carbocycles. The van der Waals surface area contributed by atoms with Crippen molar-refractivity contribution < 1.29 is 19.1 Å². The molecule has 124 valence electrons. The third kappa shape index (κ3) is 5.62. The molecule has 5 heteroatoms. The number of carbonyl (C=O) groups excluding carboxylic acids is 2. The van der Waals surface area contributed by atoms with Gasteiger partial charge in [0, 0.05) is 26.1 Å². The molecule has 0 aromatic heterocycles. The molecule has 0 amide bonds.